The summed E-state index contributed by atoms with van der Waals surface area (Å²) in [6, 6.07) is 27.2. The normalized spacial score (nSPS) is 15.7. The van der Waals surface area contributed by atoms with Crippen LogP contribution in [0.3, 0.4) is 0 Å². The van der Waals surface area contributed by atoms with E-state index in [2.05, 4.69) is 0 Å². The highest BCUT2D eigenvalue weighted by molar-refractivity contribution is 5.76. The van der Waals surface area contributed by atoms with E-state index in [0.717, 1.165) is 22.3 Å². The molecule has 9 heteroatoms. The van der Waals surface area contributed by atoms with E-state index in [4.69, 9.17) is 30.4 Å². The molecule has 0 aliphatic rings. The predicted molar refractivity (Wildman–Crippen MR) is 180 cm³/mol. The zero-order chi connectivity index (χ0) is 34.3. The number of benzene rings is 4. The van der Waals surface area contributed by atoms with Gasteiger partial charge in [-0.3, -0.25) is 9.59 Å². The molecular formula is C38H43FN2O6. The number of hydrogen-bond acceptors (Lipinski definition) is 8. The molecule has 6 atom stereocenters. The highest BCUT2D eigenvalue weighted by atomic mass is 19.1. The number of rotatable bonds is 13. The number of ether oxygens (including phenoxy) is 4. The number of carbonyl (C=O) groups is 2. The van der Waals surface area contributed by atoms with Gasteiger partial charge in [-0.15, -0.1) is 0 Å². The van der Waals surface area contributed by atoms with Crippen molar-refractivity contribution < 1.29 is 32.9 Å². The van der Waals surface area contributed by atoms with Crippen LogP contribution in [0.5, 0.6) is 11.5 Å². The maximum absolute atomic E-state index is 17.2. The first-order chi connectivity index (χ1) is 22.4. The van der Waals surface area contributed by atoms with Crippen LogP contribution in [0.2, 0.25) is 0 Å². The van der Waals surface area contributed by atoms with Crippen molar-refractivity contribution in [1.82, 2.24) is 0 Å². The molecule has 0 bridgehead atoms. The van der Waals surface area contributed by atoms with E-state index in [-0.39, 0.29) is 5.92 Å². The number of esters is 2. The minimum absolute atomic E-state index is 0.306. The Kier molecular flexibility index (Phi) is 11.4. The third-order valence-corrected chi connectivity index (χ3v) is 8.24. The SMILES string of the molecule is COc1ccc(C(c2ccc(OC)c(-c3ccc(C(F)(c4ccccc4)[C@H](C)OC(=O)[C@H](C)N)cc3)c2)[C@H](C)OC(=O)[C@H](C)N)cc1. The second-order valence-corrected chi connectivity index (χ2v) is 11.7. The Balaban J connectivity index is 1.78. The Hall–Kier alpha value is -4.73. The van der Waals surface area contributed by atoms with Crippen LogP contribution < -0.4 is 20.9 Å². The molecule has 4 rings (SSSR count). The molecule has 248 valence electrons. The van der Waals surface area contributed by atoms with Crippen LogP contribution in [0, 0.1) is 0 Å². The predicted octanol–water partition coefficient (Wildman–Crippen LogP) is 6.27. The molecule has 47 heavy (non-hydrogen) atoms. The van der Waals surface area contributed by atoms with Gasteiger partial charge in [-0.1, -0.05) is 72.8 Å². The molecule has 2 unspecified atom stereocenters. The molecule has 0 aliphatic heterocycles. The van der Waals surface area contributed by atoms with Gasteiger partial charge in [0.1, 0.15) is 35.8 Å². The highest BCUT2D eigenvalue weighted by Gasteiger charge is 2.43. The van der Waals surface area contributed by atoms with Crippen molar-refractivity contribution in [3.05, 3.63) is 119 Å². The topological polar surface area (TPSA) is 123 Å². The average Bonchev–Trinajstić information content (AvgIpc) is 3.08. The van der Waals surface area contributed by atoms with Gasteiger partial charge < -0.3 is 30.4 Å². The molecular weight excluding hydrogens is 599 g/mol. The quantitative estimate of drug-likeness (QED) is 0.164. The lowest BCUT2D eigenvalue weighted by Crippen LogP contribution is -2.41. The minimum atomic E-state index is -2.16. The third kappa shape index (κ3) is 7.81. The van der Waals surface area contributed by atoms with E-state index in [1.165, 1.54) is 13.8 Å². The van der Waals surface area contributed by atoms with Crippen molar-refractivity contribution in [2.24, 2.45) is 11.5 Å². The number of hydrogen-bond donors (Lipinski definition) is 2. The van der Waals surface area contributed by atoms with E-state index in [1.54, 1.807) is 75.7 Å². The Morgan fingerprint density at radius 1 is 0.681 bits per heavy atom. The lowest BCUT2D eigenvalue weighted by molar-refractivity contribution is -0.156. The van der Waals surface area contributed by atoms with Crippen molar-refractivity contribution in [3.8, 4) is 22.6 Å². The smallest absolute Gasteiger partial charge is 0.323 e. The van der Waals surface area contributed by atoms with Gasteiger partial charge in [0.05, 0.1) is 14.2 Å². The Morgan fingerprint density at radius 3 is 1.79 bits per heavy atom. The molecule has 4 N–H and O–H groups in total. The molecule has 4 aromatic carbocycles. The number of carbonyl (C=O) groups excluding carboxylic acids is 2. The second-order valence-electron chi connectivity index (χ2n) is 11.7. The van der Waals surface area contributed by atoms with Crippen LogP contribution in [0.25, 0.3) is 11.1 Å². The van der Waals surface area contributed by atoms with Crippen molar-refractivity contribution in [3.63, 3.8) is 0 Å². The monoisotopic (exact) mass is 642 g/mol. The van der Waals surface area contributed by atoms with Crippen LogP contribution in [0.4, 0.5) is 4.39 Å². The first-order valence-corrected chi connectivity index (χ1v) is 15.5. The first-order valence-electron chi connectivity index (χ1n) is 15.5. The van der Waals surface area contributed by atoms with Crippen LogP contribution in [0.15, 0.2) is 97.1 Å². The number of nitrogens with two attached hydrogens (primary N) is 2. The fourth-order valence-electron chi connectivity index (χ4n) is 5.62. The van der Waals surface area contributed by atoms with Crippen molar-refractivity contribution in [2.75, 3.05) is 14.2 Å². The van der Waals surface area contributed by atoms with Crippen molar-refractivity contribution in [1.29, 1.82) is 0 Å². The summed E-state index contributed by atoms with van der Waals surface area (Å²) in [6.07, 6.45) is -1.73. The Labute approximate surface area is 275 Å². The summed E-state index contributed by atoms with van der Waals surface area (Å²) in [5.74, 6) is -0.256. The lowest BCUT2D eigenvalue weighted by Gasteiger charge is -2.32. The fourth-order valence-corrected chi connectivity index (χ4v) is 5.62. The van der Waals surface area contributed by atoms with Crippen molar-refractivity contribution >= 4 is 11.9 Å². The van der Waals surface area contributed by atoms with Gasteiger partial charge in [-0.25, -0.2) is 4.39 Å². The maximum atomic E-state index is 17.2. The van der Waals surface area contributed by atoms with Crippen molar-refractivity contribution in [2.45, 2.75) is 63.6 Å². The highest BCUT2D eigenvalue weighted by Crippen LogP contribution is 2.42. The third-order valence-electron chi connectivity index (χ3n) is 8.24. The first kappa shape index (κ1) is 35.1. The average molecular weight is 643 g/mol. The van der Waals surface area contributed by atoms with Crippen LogP contribution in [0.1, 0.15) is 55.9 Å². The summed E-state index contributed by atoms with van der Waals surface area (Å²) in [6.45, 7) is 6.43. The lowest BCUT2D eigenvalue weighted by atomic mass is 9.82. The van der Waals surface area contributed by atoms with E-state index in [1.807, 2.05) is 49.4 Å². The summed E-state index contributed by atoms with van der Waals surface area (Å²) in [5, 5.41) is 0. The molecule has 0 saturated carbocycles. The summed E-state index contributed by atoms with van der Waals surface area (Å²) in [4.78, 5) is 24.9. The van der Waals surface area contributed by atoms with E-state index >= 15 is 4.39 Å². The van der Waals surface area contributed by atoms with Gasteiger partial charge >= 0.3 is 11.9 Å². The van der Waals surface area contributed by atoms with Gasteiger partial charge in [-0.2, -0.15) is 0 Å². The number of alkyl halides is 1. The number of methoxy groups -OCH3 is 2. The summed E-state index contributed by atoms with van der Waals surface area (Å²) < 4.78 is 39.6. The zero-order valence-corrected chi connectivity index (χ0v) is 27.6. The molecule has 0 saturated heterocycles. The maximum Gasteiger partial charge on any atom is 0.323 e. The van der Waals surface area contributed by atoms with Gasteiger partial charge in [0.2, 0.25) is 0 Å². The number of halogens is 1. The van der Waals surface area contributed by atoms with Gasteiger partial charge in [0.15, 0.2) is 5.67 Å². The molecule has 4 aromatic rings. The second kappa shape index (κ2) is 15.2. The largest absolute Gasteiger partial charge is 0.497 e. The molecule has 0 amide bonds. The standard InChI is InChI=1S/C38H43FN2O6/c1-23(40)36(42)46-25(3)35(28-14-19-32(44-5)20-15-28)29-16-21-34(45-6)33(22-29)27-12-17-31(18-13-27)38(39,30-10-8-7-9-11-30)26(4)47-37(43)24(2)41/h7-26,35H,40-41H2,1-6H3/t23-,24-,25-,26-,35?,38?/m0/s1. The van der Waals surface area contributed by atoms with Gasteiger partial charge in [0.25, 0.3) is 0 Å². The molecule has 8 nitrogen and oxygen atoms in total. The van der Waals surface area contributed by atoms with Crippen LogP contribution in [-0.2, 0) is 24.7 Å². The van der Waals surface area contributed by atoms with Gasteiger partial charge in [0, 0.05) is 11.5 Å². The Morgan fingerprint density at radius 2 is 1.23 bits per heavy atom. The van der Waals surface area contributed by atoms with Crippen LogP contribution in [-0.4, -0.2) is 50.4 Å². The molecule has 0 fully saturated rings. The molecule has 0 radical (unpaired) electrons. The molecule has 0 spiro atoms. The molecule has 0 aliphatic carbocycles. The van der Waals surface area contributed by atoms with Crippen LogP contribution >= 0.6 is 0 Å². The molecule has 0 heterocycles. The summed E-state index contributed by atoms with van der Waals surface area (Å²) in [5.41, 5.74) is 13.3. The Bertz CT molecular complexity index is 1640. The summed E-state index contributed by atoms with van der Waals surface area (Å²) >= 11 is 0. The van der Waals surface area contributed by atoms with E-state index < -0.39 is 41.9 Å². The minimum Gasteiger partial charge on any atom is -0.497 e. The van der Waals surface area contributed by atoms with Gasteiger partial charge in [-0.05, 0) is 79.8 Å². The molecule has 0 aromatic heterocycles. The fraction of sp³-hybridized carbons (Fsp3) is 0.316. The van der Waals surface area contributed by atoms with E-state index in [0.29, 0.717) is 22.6 Å². The van der Waals surface area contributed by atoms with E-state index in [9.17, 15) is 9.59 Å². The summed E-state index contributed by atoms with van der Waals surface area (Å²) in [7, 11) is 3.18. The zero-order valence-electron chi connectivity index (χ0n) is 27.6.